The van der Waals surface area contributed by atoms with E-state index in [1.165, 1.54) is 4.57 Å². The first kappa shape index (κ1) is 16.9. The Labute approximate surface area is 139 Å². The molecule has 1 saturated heterocycles. The first-order valence-corrected chi connectivity index (χ1v) is 8.47. The van der Waals surface area contributed by atoms with Crippen LogP contribution in [-0.4, -0.2) is 37.7 Å². The zero-order valence-corrected chi connectivity index (χ0v) is 14.4. The number of rotatable bonds is 6. The van der Waals surface area contributed by atoms with Crippen molar-refractivity contribution >= 4 is 11.2 Å². The summed E-state index contributed by atoms with van der Waals surface area (Å²) in [7, 11) is 0. The minimum atomic E-state index is -0.776. The summed E-state index contributed by atoms with van der Waals surface area (Å²) in [6, 6.07) is 0. The third kappa shape index (κ3) is 2.80. The zero-order valence-electron chi connectivity index (χ0n) is 14.4. The van der Waals surface area contributed by atoms with Crippen LogP contribution in [0.5, 0.6) is 0 Å². The molecule has 0 unspecified atom stereocenters. The van der Waals surface area contributed by atoms with Gasteiger partial charge in [-0.05, 0) is 20.3 Å². The predicted molar refractivity (Wildman–Crippen MR) is 89.1 cm³/mol. The number of nitrogens with zero attached hydrogens (tertiary/aromatic N) is 4. The lowest BCUT2D eigenvalue weighted by Gasteiger charge is -2.22. The van der Waals surface area contributed by atoms with Crippen molar-refractivity contribution in [3.05, 3.63) is 27.2 Å². The molecule has 0 radical (unpaired) electrons. The number of hydrogen-bond donors (Lipinski definition) is 0. The van der Waals surface area contributed by atoms with Gasteiger partial charge in [-0.25, -0.2) is 9.78 Å². The molecule has 2 aromatic rings. The van der Waals surface area contributed by atoms with Gasteiger partial charge >= 0.3 is 5.69 Å². The van der Waals surface area contributed by atoms with E-state index in [2.05, 4.69) is 4.98 Å². The van der Waals surface area contributed by atoms with Crippen molar-refractivity contribution < 1.29 is 9.47 Å². The molecule has 2 aromatic heterocycles. The number of unbranched alkanes of at least 4 members (excludes halogenated alkanes) is 1. The Kier molecular flexibility index (Phi) is 4.60. The third-order valence-electron chi connectivity index (χ3n) is 4.39. The summed E-state index contributed by atoms with van der Waals surface area (Å²) in [4.78, 5) is 29.8. The monoisotopic (exact) mass is 336 g/mol. The molecule has 0 atom stereocenters. The molecule has 24 heavy (non-hydrogen) atoms. The van der Waals surface area contributed by atoms with Crippen LogP contribution in [0.2, 0.25) is 0 Å². The Bertz CT molecular complexity index is 842. The average molecular weight is 336 g/mol. The van der Waals surface area contributed by atoms with Crippen molar-refractivity contribution in [2.75, 3.05) is 13.2 Å². The summed E-state index contributed by atoms with van der Waals surface area (Å²) in [6.07, 6.45) is 3.27. The SMILES string of the molecule is CCCCn1c(=O)c2c(ncn2CC2(C)OCCO2)n(CC)c1=O. The van der Waals surface area contributed by atoms with Crippen molar-refractivity contribution in [3.63, 3.8) is 0 Å². The second-order valence-electron chi connectivity index (χ2n) is 6.21. The predicted octanol–water partition coefficient (Wildman–Crippen LogP) is 0.943. The molecule has 1 fully saturated rings. The van der Waals surface area contributed by atoms with E-state index < -0.39 is 5.79 Å². The molecule has 132 valence electrons. The van der Waals surface area contributed by atoms with Crippen LogP contribution in [0.25, 0.3) is 11.2 Å². The molecular formula is C16H24N4O4. The minimum absolute atomic E-state index is 0.298. The van der Waals surface area contributed by atoms with E-state index in [1.807, 2.05) is 20.8 Å². The highest BCUT2D eigenvalue weighted by Gasteiger charge is 2.32. The lowest BCUT2D eigenvalue weighted by molar-refractivity contribution is -0.151. The summed E-state index contributed by atoms with van der Waals surface area (Å²) in [5.41, 5.74) is 0.246. The van der Waals surface area contributed by atoms with Gasteiger partial charge in [0.25, 0.3) is 5.56 Å². The molecule has 0 N–H and O–H groups in total. The second kappa shape index (κ2) is 6.52. The standard InChI is InChI=1S/C16H24N4O4/c1-4-6-7-20-14(21)12-13(19(5-2)15(20)22)17-11-18(12)10-16(3)23-8-9-24-16/h11H,4-10H2,1-3H3. The van der Waals surface area contributed by atoms with Gasteiger partial charge < -0.3 is 14.0 Å². The van der Waals surface area contributed by atoms with Crippen LogP contribution < -0.4 is 11.2 Å². The molecule has 3 heterocycles. The van der Waals surface area contributed by atoms with Gasteiger partial charge in [-0.15, -0.1) is 0 Å². The number of ether oxygens (including phenoxy) is 2. The lowest BCUT2D eigenvalue weighted by Crippen LogP contribution is -2.41. The fraction of sp³-hybridized carbons (Fsp3) is 0.688. The molecule has 8 heteroatoms. The summed E-state index contributed by atoms with van der Waals surface area (Å²) in [5.74, 6) is -0.776. The fourth-order valence-corrected chi connectivity index (χ4v) is 3.11. The van der Waals surface area contributed by atoms with Crippen molar-refractivity contribution in [1.29, 1.82) is 0 Å². The van der Waals surface area contributed by atoms with E-state index in [4.69, 9.17) is 9.47 Å². The van der Waals surface area contributed by atoms with Crippen LogP contribution in [0.1, 0.15) is 33.6 Å². The normalized spacial score (nSPS) is 17.0. The maximum atomic E-state index is 12.9. The summed E-state index contributed by atoms with van der Waals surface area (Å²) in [6.45, 7) is 8.04. The van der Waals surface area contributed by atoms with E-state index in [1.54, 1.807) is 15.5 Å². The first-order valence-electron chi connectivity index (χ1n) is 8.47. The largest absolute Gasteiger partial charge is 0.346 e. The van der Waals surface area contributed by atoms with Crippen LogP contribution >= 0.6 is 0 Å². The highest BCUT2D eigenvalue weighted by Crippen LogP contribution is 2.22. The average Bonchev–Trinajstić information content (AvgIpc) is 3.15. The van der Waals surface area contributed by atoms with E-state index in [-0.39, 0.29) is 11.2 Å². The smallest absolute Gasteiger partial charge is 0.332 e. The van der Waals surface area contributed by atoms with E-state index in [9.17, 15) is 9.59 Å². The second-order valence-corrected chi connectivity index (χ2v) is 6.21. The Morgan fingerprint density at radius 3 is 2.54 bits per heavy atom. The number of aromatic nitrogens is 4. The fourth-order valence-electron chi connectivity index (χ4n) is 3.11. The van der Waals surface area contributed by atoms with Crippen LogP contribution in [0.4, 0.5) is 0 Å². The molecule has 0 spiro atoms. The van der Waals surface area contributed by atoms with Crippen LogP contribution in [0.15, 0.2) is 15.9 Å². The van der Waals surface area contributed by atoms with Gasteiger partial charge in [0.2, 0.25) is 0 Å². The van der Waals surface area contributed by atoms with Gasteiger partial charge in [0.05, 0.1) is 26.1 Å². The summed E-state index contributed by atoms with van der Waals surface area (Å²) < 4.78 is 15.8. The first-order chi connectivity index (χ1) is 11.5. The van der Waals surface area contributed by atoms with Crippen molar-refractivity contribution in [2.45, 2.75) is 59.0 Å². The minimum Gasteiger partial charge on any atom is -0.346 e. The van der Waals surface area contributed by atoms with Gasteiger partial charge in [0.15, 0.2) is 17.0 Å². The highest BCUT2D eigenvalue weighted by atomic mass is 16.7. The number of imidazole rings is 1. The lowest BCUT2D eigenvalue weighted by atomic mass is 10.3. The van der Waals surface area contributed by atoms with Crippen molar-refractivity contribution in [1.82, 2.24) is 18.7 Å². The number of fused-ring (bicyclic) bond motifs is 1. The molecule has 0 amide bonds. The Hall–Kier alpha value is -1.93. The molecule has 0 aromatic carbocycles. The van der Waals surface area contributed by atoms with Crippen molar-refractivity contribution in [3.8, 4) is 0 Å². The topological polar surface area (TPSA) is 80.3 Å². The number of aryl methyl sites for hydroxylation is 1. The maximum absolute atomic E-state index is 12.9. The molecule has 1 aliphatic heterocycles. The molecule has 0 saturated carbocycles. The maximum Gasteiger partial charge on any atom is 0.332 e. The summed E-state index contributed by atoms with van der Waals surface area (Å²) >= 11 is 0. The van der Waals surface area contributed by atoms with Crippen LogP contribution in [0, 0.1) is 0 Å². The van der Waals surface area contributed by atoms with Gasteiger partial charge in [-0.2, -0.15) is 0 Å². The molecule has 1 aliphatic rings. The number of hydrogen-bond acceptors (Lipinski definition) is 5. The van der Waals surface area contributed by atoms with Gasteiger partial charge in [0.1, 0.15) is 0 Å². The van der Waals surface area contributed by atoms with E-state index >= 15 is 0 Å². The highest BCUT2D eigenvalue weighted by molar-refractivity contribution is 5.70. The Morgan fingerprint density at radius 2 is 1.92 bits per heavy atom. The zero-order chi connectivity index (χ0) is 17.3. The van der Waals surface area contributed by atoms with Crippen molar-refractivity contribution in [2.24, 2.45) is 0 Å². The third-order valence-corrected chi connectivity index (χ3v) is 4.39. The van der Waals surface area contributed by atoms with Gasteiger partial charge in [-0.1, -0.05) is 13.3 Å². The molecular weight excluding hydrogens is 312 g/mol. The molecule has 0 bridgehead atoms. The van der Waals surface area contributed by atoms with E-state index in [0.717, 1.165) is 12.8 Å². The molecule has 3 rings (SSSR count). The molecule has 8 nitrogen and oxygen atoms in total. The van der Waals surface area contributed by atoms with Gasteiger partial charge in [-0.3, -0.25) is 13.9 Å². The molecule has 0 aliphatic carbocycles. The Balaban J connectivity index is 2.15. The quantitative estimate of drug-likeness (QED) is 0.784. The van der Waals surface area contributed by atoms with Gasteiger partial charge in [0, 0.05) is 13.1 Å². The van der Waals surface area contributed by atoms with Crippen LogP contribution in [0.3, 0.4) is 0 Å². The summed E-state index contributed by atoms with van der Waals surface area (Å²) in [5, 5.41) is 0. The van der Waals surface area contributed by atoms with Crippen LogP contribution in [-0.2, 0) is 29.1 Å². The Morgan fingerprint density at radius 1 is 1.21 bits per heavy atom. The van der Waals surface area contributed by atoms with E-state index in [0.29, 0.717) is 44.0 Å².